The van der Waals surface area contributed by atoms with Crippen molar-refractivity contribution in [1.82, 2.24) is 5.32 Å². The van der Waals surface area contributed by atoms with Crippen molar-refractivity contribution < 1.29 is 0 Å². The van der Waals surface area contributed by atoms with Crippen LogP contribution in [0.15, 0.2) is 42.0 Å². The van der Waals surface area contributed by atoms with Crippen LogP contribution in [0, 0.1) is 0 Å². The van der Waals surface area contributed by atoms with Crippen molar-refractivity contribution in [2.24, 2.45) is 0 Å². The summed E-state index contributed by atoms with van der Waals surface area (Å²) in [6, 6.07) is 10.8. The summed E-state index contributed by atoms with van der Waals surface area (Å²) < 4.78 is 0. The van der Waals surface area contributed by atoms with E-state index in [4.69, 9.17) is 0 Å². The lowest BCUT2D eigenvalue weighted by atomic mass is 10.0. The number of hydrogen-bond acceptors (Lipinski definition) is 1. The lowest BCUT2D eigenvalue weighted by Crippen LogP contribution is -2.15. The highest BCUT2D eigenvalue weighted by Crippen LogP contribution is 2.10. The molecule has 1 N–H and O–H groups in total. The topological polar surface area (TPSA) is 12.0 Å². The predicted molar refractivity (Wildman–Crippen MR) is 80.9 cm³/mol. The van der Waals surface area contributed by atoms with E-state index in [0.29, 0.717) is 0 Å². The predicted octanol–water partition coefficient (Wildman–Crippen LogP) is 4.35. The highest BCUT2D eigenvalue weighted by Gasteiger charge is 1.94. The number of nitrogens with one attached hydrogen (secondary N) is 1. The van der Waals surface area contributed by atoms with Crippen LogP contribution >= 0.6 is 0 Å². The van der Waals surface area contributed by atoms with Crippen LogP contribution in [0.2, 0.25) is 0 Å². The Morgan fingerprint density at radius 1 is 1.17 bits per heavy atom. The van der Waals surface area contributed by atoms with E-state index in [0.717, 1.165) is 19.5 Å². The van der Waals surface area contributed by atoms with E-state index in [1.165, 1.54) is 36.8 Å². The zero-order chi connectivity index (χ0) is 13.1. The Labute approximate surface area is 112 Å². The molecule has 0 atom stereocenters. The minimum atomic E-state index is 1.11. The number of allylic oxidation sites excluding steroid dienone is 1. The molecule has 0 bridgehead atoms. The third-order valence-corrected chi connectivity index (χ3v) is 3.12. The van der Waals surface area contributed by atoms with Gasteiger partial charge in [0.05, 0.1) is 0 Å². The molecular weight excluding hydrogens is 218 g/mol. The first-order chi connectivity index (χ1) is 8.83. The molecule has 0 heterocycles. The third kappa shape index (κ3) is 7.29. The van der Waals surface area contributed by atoms with Gasteiger partial charge in [0.25, 0.3) is 0 Å². The van der Waals surface area contributed by atoms with E-state index >= 15 is 0 Å². The van der Waals surface area contributed by atoms with E-state index in [1.807, 2.05) is 0 Å². The average Bonchev–Trinajstić information content (AvgIpc) is 2.40. The molecule has 0 amide bonds. The van der Waals surface area contributed by atoms with Gasteiger partial charge in [0, 0.05) is 0 Å². The molecule has 0 aliphatic carbocycles. The van der Waals surface area contributed by atoms with E-state index in [1.54, 1.807) is 0 Å². The Morgan fingerprint density at radius 2 is 1.94 bits per heavy atom. The second kappa shape index (κ2) is 9.90. The van der Waals surface area contributed by atoms with Gasteiger partial charge in [-0.3, -0.25) is 0 Å². The molecule has 0 fully saturated rings. The first-order valence-electron chi connectivity index (χ1n) is 7.23. The van der Waals surface area contributed by atoms with Crippen LogP contribution in [-0.2, 0) is 6.42 Å². The molecule has 0 spiro atoms. The molecule has 0 aliphatic heterocycles. The number of aryl methyl sites for hydroxylation is 1. The molecular formula is C17H27N. The van der Waals surface area contributed by atoms with E-state index in [-0.39, 0.29) is 0 Å². The highest BCUT2D eigenvalue weighted by atomic mass is 14.8. The Kier molecular flexibility index (Phi) is 8.24. The lowest BCUT2D eigenvalue weighted by molar-refractivity contribution is 0.675. The summed E-state index contributed by atoms with van der Waals surface area (Å²) in [4.78, 5) is 0. The molecule has 1 nitrogen and oxygen atoms in total. The van der Waals surface area contributed by atoms with E-state index in [2.05, 4.69) is 55.6 Å². The maximum atomic E-state index is 3.43. The molecule has 0 radical (unpaired) electrons. The first kappa shape index (κ1) is 15.0. The summed E-state index contributed by atoms with van der Waals surface area (Å²) in [7, 11) is 0. The normalized spacial score (nSPS) is 11.8. The molecule has 1 aromatic rings. The summed E-state index contributed by atoms with van der Waals surface area (Å²) in [5.41, 5.74) is 2.99. The van der Waals surface area contributed by atoms with Crippen molar-refractivity contribution in [3.8, 4) is 0 Å². The molecule has 0 saturated heterocycles. The van der Waals surface area contributed by atoms with Crippen molar-refractivity contribution in [2.75, 3.05) is 13.1 Å². The van der Waals surface area contributed by atoms with Crippen LogP contribution in [-0.4, -0.2) is 13.1 Å². The van der Waals surface area contributed by atoms with Gasteiger partial charge in [-0.1, -0.05) is 48.9 Å². The van der Waals surface area contributed by atoms with Gasteiger partial charge in [-0.15, -0.1) is 0 Å². The molecule has 18 heavy (non-hydrogen) atoms. The minimum Gasteiger partial charge on any atom is -0.316 e. The van der Waals surface area contributed by atoms with Gasteiger partial charge in [-0.05, 0) is 57.7 Å². The van der Waals surface area contributed by atoms with Crippen LogP contribution in [0.1, 0.15) is 45.1 Å². The second-order valence-electron chi connectivity index (χ2n) is 4.93. The second-order valence-corrected chi connectivity index (χ2v) is 4.93. The molecule has 0 unspecified atom stereocenters. The summed E-state index contributed by atoms with van der Waals surface area (Å²) in [5.74, 6) is 0. The van der Waals surface area contributed by atoms with Gasteiger partial charge in [-0.25, -0.2) is 0 Å². The monoisotopic (exact) mass is 245 g/mol. The molecule has 0 saturated carbocycles. The maximum Gasteiger partial charge on any atom is -0.00142 e. The van der Waals surface area contributed by atoms with Crippen LogP contribution in [0.5, 0.6) is 0 Å². The third-order valence-electron chi connectivity index (χ3n) is 3.12. The Morgan fingerprint density at radius 3 is 2.67 bits per heavy atom. The van der Waals surface area contributed by atoms with E-state index < -0.39 is 0 Å². The van der Waals surface area contributed by atoms with Crippen molar-refractivity contribution in [3.63, 3.8) is 0 Å². The van der Waals surface area contributed by atoms with Crippen molar-refractivity contribution >= 4 is 0 Å². The number of hydrogen-bond donors (Lipinski definition) is 1. The fourth-order valence-electron chi connectivity index (χ4n) is 2.04. The van der Waals surface area contributed by atoms with Gasteiger partial charge in [0.15, 0.2) is 0 Å². The summed E-state index contributed by atoms with van der Waals surface area (Å²) >= 11 is 0. The number of rotatable bonds is 9. The molecule has 100 valence electrons. The van der Waals surface area contributed by atoms with Gasteiger partial charge >= 0.3 is 0 Å². The molecule has 1 rings (SSSR count). The van der Waals surface area contributed by atoms with Crippen LogP contribution < -0.4 is 5.32 Å². The summed E-state index contributed by atoms with van der Waals surface area (Å²) in [6.07, 6.45) is 8.45. The average molecular weight is 245 g/mol. The molecule has 1 aromatic carbocycles. The van der Waals surface area contributed by atoms with Crippen molar-refractivity contribution in [3.05, 3.63) is 47.5 Å². The van der Waals surface area contributed by atoms with Crippen LogP contribution in [0.4, 0.5) is 0 Å². The molecule has 1 heteroatoms. The fourth-order valence-corrected chi connectivity index (χ4v) is 2.04. The lowest BCUT2D eigenvalue weighted by Gasteiger charge is -2.03. The maximum absolute atomic E-state index is 3.43. The van der Waals surface area contributed by atoms with Crippen LogP contribution in [0.25, 0.3) is 0 Å². The summed E-state index contributed by atoms with van der Waals surface area (Å²) in [6.45, 7) is 6.72. The van der Waals surface area contributed by atoms with Gasteiger partial charge in [-0.2, -0.15) is 0 Å². The zero-order valence-electron chi connectivity index (χ0n) is 11.9. The zero-order valence-corrected chi connectivity index (χ0v) is 11.9. The SMILES string of the molecule is CCCNCCC=C(C)CCCc1ccccc1. The van der Waals surface area contributed by atoms with Crippen molar-refractivity contribution in [1.29, 1.82) is 0 Å². The first-order valence-corrected chi connectivity index (χ1v) is 7.23. The Bertz CT molecular complexity index is 327. The van der Waals surface area contributed by atoms with Crippen LogP contribution in [0.3, 0.4) is 0 Å². The minimum absolute atomic E-state index is 1.11. The fraction of sp³-hybridized carbons (Fsp3) is 0.529. The Hall–Kier alpha value is -1.08. The smallest absolute Gasteiger partial charge is 0.00142 e. The van der Waals surface area contributed by atoms with Gasteiger partial charge in [0.1, 0.15) is 0 Å². The quantitative estimate of drug-likeness (QED) is 0.504. The molecule has 0 aliphatic rings. The largest absolute Gasteiger partial charge is 0.316 e. The van der Waals surface area contributed by atoms with E-state index in [9.17, 15) is 0 Å². The molecule has 0 aromatic heterocycles. The van der Waals surface area contributed by atoms with Gasteiger partial charge < -0.3 is 5.32 Å². The number of benzene rings is 1. The highest BCUT2D eigenvalue weighted by molar-refractivity contribution is 5.14. The van der Waals surface area contributed by atoms with Crippen molar-refractivity contribution in [2.45, 2.75) is 46.0 Å². The van der Waals surface area contributed by atoms with Gasteiger partial charge in [0.2, 0.25) is 0 Å². The summed E-state index contributed by atoms with van der Waals surface area (Å²) in [5, 5.41) is 3.43. The Balaban J connectivity index is 2.09. The standard InChI is InChI=1S/C17H27N/c1-3-14-18-15-8-10-16(2)9-7-13-17-11-5-4-6-12-17/h4-6,10-12,18H,3,7-9,13-15H2,1-2H3.